The maximum absolute atomic E-state index is 13.5. The second-order valence-electron chi connectivity index (χ2n) is 3.49. The molecule has 14 heavy (non-hydrogen) atoms. The molecule has 1 aromatic carbocycles. The van der Waals surface area contributed by atoms with Gasteiger partial charge in [-0.3, -0.25) is 4.90 Å². The smallest absolute Gasteiger partial charge is 0.142 e. The number of hydrogen-bond donors (Lipinski definition) is 0. The number of hydrogen-bond acceptors (Lipinski definition) is 1. The molecule has 0 radical (unpaired) electrons. The average Bonchev–Trinajstić information content (AvgIpc) is 2.05. The van der Waals surface area contributed by atoms with E-state index in [1.165, 1.54) is 6.07 Å². The van der Waals surface area contributed by atoms with Crippen molar-refractivity contribution in [2.24, 2.45) is 0 Å². The summed E-state index contributed by atoms with van der Waals surface area (Å²) in [6.45, 7) is 2.46. The molecule has 1 saturated heterocycles. The Kier molecular flexibility index (Phi) is 2.83. The van der Waals surface area contributed by atoms with Gasteiger partial charge in [-0.1, -0.05) is 0 Å². The van der Waals surface area contributed by atoms with Crippen LogP contribution >= 0.6 is 15.9 Å². The highest BCUT2D eigenvalue weighted by molar-refractivity contribution is 9.10. The maximum atomic E-state index is 13.5. The van der Waals surface area contributed by atoms with E-state index in [1.54, 1.807) is 0 Å². The molecule has 2 rings (SSSR count). The lowest BCUT2D eigenvalue weighted by Crippen LogP contribution is -2.36. The molecule has 76 valence electrons. The zero-order valence-electron chi connectivity index (χ0n) is 7.56. The molecule has 0 unspecified atom stereocenters. The molecule has 1 aliphatic rings. The molecule has 1 nitrogen and oxygen atoms in total. The monoisotopic (exact) mass is 261 g/mol. The molecule has 1 heterocycles. The zero-order valence-corrected chi connectivity index (χ0v) is 9.15. The SMILES string of the molecule is Fc1cc(Br)c(F)c(CN2CCC2)c1. The van der Waals surface area contributed by atoms with Gasteiger partial charge in [0.15, 0.2) is 0 Å². The lowest BCUT2D eigenvalue weighted by molar-refractivity contribution is 0.170. The summed E-state index contributed by atoms with van der Waals surface area (Å²) in [4.78, 5) is 2.09. The van der Waals surface area contributed by atoms with E-state index in [9.17, 15) is 8.78 Å². The molecule has 1 fully saturated rings. The maximum Gasteiger partial charge on any atom is 0.142 e. The minimum atomic E-state index is -0.395. The van der Waals surface area contributed by atoms with Crippen molar-refractivity contribution in [3.8, 4) is 0 Å². The largest absolute Gasteiger partial charge is 0.299 e. The molecular formula is C10H10BrF2N. The van der Waals surface area contributed by atoms with Crippen LogP contribution in [0, 0.1) is 11.6 Å². The van der Waals surface area contributed by atoms with Crippen molar-refractivity contribution in [3.63, 3.8) is 0 Å². The molecule has 1 aliphatic heterocycles. The van der Waals surface area contributed by atoms with Crippen LogP contribution in [-0.4, -0.2) is 18.0 Å². The Morgan fingerprint density at radius 1 is 1.29 bits per heavy atom. The van der Waals surface area contributed by atoms with Gasteiger partial charge < -0.3 is 0 Å². The minimum Gasteiger partial charge on any atom is -0.299 e. The van der Waals surface area contributed by atoms with Gasteiger partial charge in [-0.05, 0) is 47.6 Å². The van der Waals surface area contributed by atoms with Gasteiger partial charge >= 0.3 is 0 Å². The Hall–Kier alpha value is -0.480. The highest BCUT2D eigenvalue weighted by Gasteiger charge is 2.17. The number of halogens is 3. The third-order valence-electron chi connectivity index (χ3n) is 2.41. The molecular weight excluding hydrogens is 252 g/mol. The van der Waals surface area contributed by atoms with Crippen LogP contribution in [0.1, 0.15) is 12.0 Å². The van der Waals surface area contributed by atoms with E-state index in [4.69, 9.17) is 0 Å². The van der Waals surface area contributed by atoms with E-state index >= 15 is 0 Å². The number of rotatable bonds is 2. The summed E-state index contributed by atoms with van der Waals surface area (Å²) in [5.74, 6) is -0.743. The number of benzene rings is 1. The van der Waals surface area contributed by atoms with Crippen molar-refractivity contribution in [3.05, 3.63) is 33.8 Å². The molecule has 0 N–H and O–H groups in total. The molecule has 0 bridgehead atoms. The van der Waals surface area contributed by atoms with E-state index in [2.05, 4.69) is 20.8 Å². The minimum absolute atomic E-state index is 0.202. The summed E-state index contributed by atoms with van der Waals surface area (Å²) in [7, 11) is 0. The Bertz CT molecular complexity index is 350. The first-order valence-electron chi connectivity index (χ1n) is 4.52. The van der Waals surface area contributed by atoms with Gasteiger partial charge in [0.2, 0.25) is 0 Å². The van der Waals surface area contributed by atoms with Gasteiger partial charge in [0.05, 0.1) is 4.47 Å². The molecule has 0 atom stereocenters. The summed E-state index contributed by atoms with van der Waals surface area (Å²) in [6.07, 6.45) is 1.15. The Morgan fingerprint density at radius 2 is 2.00 bits per heavy atom. The van der Waals surface area contributed by atoms with Crippen LogP contribution in [0.4, 0.5) is 8.78 Å². The highest BCUT2D eigenvalue weighted by Crippen LogP contribution is 2.23. The Morgan fingerprint density at radius 3 is 2.57 bits per heavy atom. The van der Waals surface area contributed by atoms with Gasteiger partial charge in [-0.15, -0.1) is 0 Å². The van der Waals surface area contributed by atoms with Crippen LogP contribution in [0.3, 0.4) is 0 Å². The van der Waals surface area contributed by atoms with Crippen LogP contribution in [0.25, 0.3) is 0 Å². The third-order valence-corrected chi connectivity index (χ3v) is 2.99. The van der Waals surface area contributed by atoms with Gasteiger partial charge in [-0.2, -0.15) is 0 Å². The molecule has 0 aliphatic carbocycles. The summed E-state index contributed by atoms with van der Waals surface area (Å²) in [5.41, 5.74) is 0.427. The van der Waals surface area contributed by atoms with Crippen molar-refractivity contribution in [1.29, 1.82) is 0 Å². The molecule has 4 heteroatoms. The van der Waals surface area contributed by atoms with E-state index in [1.807, 2.05) is 0 Å². The topological polar surface area (TPSA) is 3.24 Å². The first-order chi connectivity index (χ1) is 6.66. The normalized spacial score (nSPS) is 16.8. The van der Waals surface area contributed by atoms with Gasteiger partial charge in [-0.25, -0.2) is 8.78 Å². The van der Waals surface area contributed by atoms with Crippen LogP contribution in [0.2, 0.25) is 0 Å². The molecule has 1 aromatic rings. The van der Waals surface area contributed by atoms with Crippen molar-refractivity contribution < 1.29 is 8.78 Å². The summed E-state index contributed by atoms with van der Waals surface area (Å²) in [6, 6.07) is 2.41. The third kappa shape index (κ3) is 1.96. The Labute approximate surface area is 89.8 Å². The van der Waals surface area contributed by atoms with Crippen molar-refractivity contribution in [2.45, 2.75) is 13.0 Å². The summed E-state index contributed by atoms with van der Waals surface area (Å²) < 4.78 is 26.6. The van der Waals surface area contributed by atoms with E-state index in [-0.39, 0.29) is 10.3 Å². The quantitative estimate of drug-likeness (QED) is 0.741. The van der Waals surface area contributed by atoms with E-state index in [0.29, 0.717) is 12.1 Å². The second kappa shape index (κ2) is 3.95. The van der Waals surface area contributed by atoms with E-state index in [0.717, 1.165) is 25.6 Å². The molecule has 0 saturated carbocycles. The molecule has 0 aromatic heterocycles. The number of nitrogens with zero attached hydrogens (tertiary/aromatic N) is 1. The predicted octanol–water partition coefficient (Wildman–Crippen LogP) is 2.93. The van der Waals surface area contributed by atoms with Crippen LogP contribution in [0.15, 0.2) is 16.6 Å². The molecule has 0 amide bonds. The van der Waals surface area contributed by atoms with Gasteiger partial charge in [0.1, 0.15) is 11.6 Å². The van der Waals surface area contributed by atoms with Crippen molar-refractivity contribution in [2.75, 3.05) is 13.1 Å². The second-order valence-corrected chi connectivity index (χ2v) is 4.34. The first kappa shape index (κ1) is 10.1. The fraction of sp³-hybridized carbons (Fsp3) is 0.400. The Balaban J connectivity index is 2.22. The fourth-order valence-corrected chi connectivity index (χ4v) is 1.98. The summed E-state index contributed by atoms with van der Waals surface area (Å²) >= 11 is 2.99. The van der Waals surface area contributed by atoms with Crippen LogP contribution in [0.5, 0.6) is 0 Å². The predicted molar refractivity (Wildman–Crippen MR) is 54.0 cm³/mol. The summed E-state index contributed by atoms with van der Waals surface area (Å²) in [5, 5.41) is 0. The fourth-order valence-electron chi connectivity index (χ4n) is 1.51. The van der Waals surface area contributed by atoms with Crippen LogP contribution < -0.4 is 0 Å². The zero-order chi connectivity index (χ0) is 10.1. The first-order valence-corrected chi connectivity index (χ1v) is 5.32. The lowest BCUT2D eigenvalue weighted by atomic mass is 10.1. The van der Waals surface area contributed by atoms with Crippen LogP contribution in [-0.2, 0) is 6.54 Å². The van der Waals surface area contributed by atoms with E-state index < -0.39 is 5.82 Å². The molecule has 0 spiro atoms. The van der Waals surface area contributed by atoms with Crippen molar-refractivity contribution >= 4 is 15.9 Å². The standard InChI is InChI=1S/C10H10BrF2N/c11-9-5-8(12)4-7(10(9)13)6-14-2-1-3-14/h4-5H,1-3,6H2. The van der Waals surface area contributed by atoms with Gasteiger partial charge in [0.25, 0.3) is 0 Å². The van der Waals surface area contributed by atoms with Gasteiger partial charge in [0, 0.05) is 12.1 Å². The lowest BCUT2D eigenvalue weighted by Gasteiger charge is -2.30. The highest BCUT2D eigenvalue weighted by atomic mass is 79.9. The van der Waals surface area contributed by atoms with Crippen molar-refractivity contribution in [1.82, 2.24) is 4.90 Å². The average molecular weight is 262 g/mol. The number of likely N-dealkylation sites (tertiary alicyclic amines) is 1.